The zero-order valence-corrected chi connectivity index (χ0v) is 21.6. The molecule has 0 unspecified atom stereocenters. The number of thiazole rings is 1. The van der Waals surface area contributed by atoms with Crippen LogP contribution in [0.3, 0.4) is 0 Å². The molecule has 3 nitrogen and oxygen atoms in total. The van der Waals surface area contributed by atoms with E-state index >= 15 is 0 Å². The third kappa shape index (κ3) is 3.97. The molecule has 0 aliphatic heterocycles. The van der Waals surface area contributed by atoms with E-state index in [0.29, 0.717) is 5.02 Å². The summed E-state index contributed by atoms with van der Waals surface area (Å²) in [6.07, 6.45) is 0. The van der Waals surface area contributed by atoms with Crippen LogP contribution >= 0.6 is 22.9 Å². The largest absolute Gasteiger partial charge is 0.218 e. The van der Waals surface area contributed by atoms with E-state index in [1.54, 1.807) is 11.3 Å². The Labute approximate surface area is 209 Å². The highest BCUT2D eigenvalue weighted by Gasteiger charge is 2.23. The first kappa shape index (κ1) is 22.6. The zero-order chi connectivity index (χ0) is 24.0. The van der Waals surface area contributed by atoms with Gasteiger partial charge in [0.25, 0.3) is 0 Å². The Morgan fingerprint density at radius 2 is 1.29 bits per heavy atom. The van der Waals surface area contributed by atoms with Crippen LogP contribution in [0.15, 0.2) is 66.7 Å². The van der Waals surface area contributed by atoms with E-state index in [2.05, 4.69) is 83.1 Å². The summed E-state index contributed by atoms with van der Waals surface area (Å²) in [4.78, 5) is 6.16. The van der Waals surface area contributed by atoms with Gasteiger partial charge in [0.1, 0.15) is 5.69 Å². The zero-order valence-electron chi connectivity index (χ0n) is 20.0. The maximum absolute atomic E-state index is 7.09. The van der Waals surface area contributed by atoms with Gasteiger partial charge in [-0.25, -0.2) is 9.67 Å². The molecule has 0 aliphatic rings. The van der Waals surface area contributed by atoms with Gasteiger partial charge in [-0.15, -0.1) is 0 Å². The summed E-state index contributed by atoms with van der Waals surface area (Å²) in [6, 6.07) is 23.1. The number of hydrogen-bond donors (Lipinski definition) is 0. The standard InChI is InChI=1S/C29H26ClN3S/c1-17-11-13-23(15-19(17)3)27-25(30)28(24-14-12-18(2)20(4)16-24)33(32-27)29-31-26(21(5)34-29)22-9-7-6-8-10-22/h6-16H,1-5H3. The van der Waals surface area contributed by atoms with E-state index in [-0.39, 0.29) is 0 Å². The average Bonchev–Trinajstić information content (AvgIpc) is 3.38. The fourth-order valence-electron chi connectivity index (χ4n) is 4.09. The molecule has 0 aliphatic carbocycles. The number of rotatable bonds is 4. The molecule has 2 aromatic heterocycles. The third-order valence-corrected chi connectivity index (χ3v) is 7.71. The molecule has 0 bridgehead atoms. The first-order valence-corrected chi connectivity index (χ1v) is 12.5. The Morgan fingerprint density at radius 3 is 1.94 bits per heavy atom. The predicted octanol–water partition coefficient (Wildman–Crippen LogP) is 8.53. The Kier molecular flexibility index (Phi) is 5.88. The molecule has 0 atom stereocenters. The van der Waals surface area contributed by atoms with Crippen LogP contribution in [0.2, 0.25) is 5.02 Å². The molecule has 5 rings (SSSR count). The normalized spacial score (nSPS) is 11.2. The quantitative estimate of drug-likeness (QED) is 0.256. The van der Waals surface area contributed by atoms with E-state index in [1.807, 2.05) is 22.9 Å². The number of nitrogens with zero attached hydrogens (tertiary/aromatic N) is 3. The summed E-state index contributed by atoms with van der Waals surface area (Å²) in [6.45, 7) is 10.6. The second-order valence-electron chi connectivity index (χ2n) is 8.79. The second-order valence-corrected chi connectivity index (χ2v) is 10.3. The fourth-order valence-corrected chi connectivity index (χ4v) is 5.31. The molecule has 0 saturated heterocycles. The van der Waals surface area contributed by atoms with E-state index < -0.39 is 0 Å². The van der Waals surface area contributed by atoms with Gasteiger partial charge in [0.15, 0.2) is 0 Å². The monoisotopic (exact) mass is 483 g/mol. The van der Waals surface area contributed by atoms with Crippen molar-refractivity contribution in [2.24, 2.45) is 0 Å². The lowest BCUT2D eigenvalue weighted by Gasteiger charge is -2.08. The molecular formula is C29H26ClN3S. The molecule has 0 fully saturated rings. The highest BCUT2D eigenvalue weighted by Crippen LogP contribution is 2.40. The molecule has 2 heterocycles. The van der Waals surface area contributed by atoms with Gasteiger partial charge in [-0.3, -0.25) is 0 Å². The van der Waals surface area contributed by atoms with Crippen molar-refractivity contribution in [1.82, 2.24) is 14.8 Å². The summed E-state index contributed by atoms with van der Waals surface area (Å²) < 4.78 is 1.92. The van der Waals surface area contributed by atoms with Gasteiger partial charge in [0, 0.05) is 21.6 Å². The first-order chi connectivity index (χ1) is 16.3. The van der Waals surface area contributed by atoms with Crippen molar-refractivity contribution in [2.45, 2.75) is 34.6 Å². The van der Waals surface area contributed by atoms with E-state index in [1.165, 1.54) is 22.3 Å². The van der Waals surface area contributed by atoms with Gasteiger partial charge < -0.3 is 0 Å². The minimum atomic E-state index is 0.639. The average molecular weight is 484 g/mol. The summed E-state index contributed by atoms with van der Waals surface area (Å²) in [5.41, 5.74) is 10.7. The van der Waals surface area contributed by atoms with Crippen molar-refractivity contribution in [1.29, 1.82) is 0 Å². The van der Waals surface area contributed by atoms with E-state index in [9.17, 15) is 0 Å². The smallest absolute Gasteiger partial charge is 0.211 e. The minimum absolute atomic E-state index is 0.639. The van der Waals surface area contributed by atoms with Crippen LogP contribution in [0, 0.1) is 34.6 Å². The molecule has 34 heavy (non-hydrogen) atoms. The Hall–Kier alpha value is -3.21. The van der Waals surface area contributed by atoms with Crippen molar-refractivity contribution >= 4 is 22.9 Å². The van der Waals surface area contributed by atoms with Gasteiger partial charge in [-0.05, 0) is 69.0 Å². The molecule has 0 N–H and O–H groups in total. The lowest BCUT2D eigenvalue weighted by atomic mass is 10.0. The van der Waals surface area contributed by atoms with Crippen LogP contribution in [0.1, 0.15) is 27.1 Å². The lowest BCUT2D eigenvalue weighted by molar-refractivity contribution is 0.881. The Morgan fingerprint density at radius 1 is 0.676 bits per heavy atom. The van der Waals surface area contributed by atoms with Gasteiger partial charge in [0.05, 0.1) is 16.4 Å². The molecule has 5 aromatic rings. The number of halogens is 1. The van der Waals surface area contributed by atoms with Gasteiger partial charge in [-0.2, -0.15) is 5.10 Å². The molecule has 0 spiro atoms. The van der Waals surface area contributed by atoms with Gasteiger partial charge in [-0.1, -0.05) is 77.5 Å². The predicted molar refractivity (Wildman–Crippen MR) is 144 cm³/mol. The van der Waals surface area contributed by atoms with Crippen LogP contribution in [0.25, 0.3) is 38.9 Å². The van der Waals surface area contributed by atoms with Crippen LogP contribution < -0.4 is 0 Å². The highest BCUT2D eigenvalue weighted by atomic mass is 35.5. The number of aryl methyl sites for hydroxylation is 5. The van der Waals surface area contributed by atoms with Gasteiger partial charge in [0.2, 0.25) is 5.13 Å². The van der Waals surface area contributed by atoms with E-state index in [4.69, 9.17) is 21.7 Å². The third-order valence-electron chi connectivity index (χ3n) is 6.40. The van der Waals surface area contributed by atoms with Crippen molar-refractivity contribution in [3.63, 3.8) is 0 Å². The molecule has 170 valence electrons. The number of hydrogen-bond acceptors (Lipinski definition) is 3. The summed E-state index contributed by atoms with van der Waals surface area (Å²) >= 11 is 8.72. The summed E-state index contributed by atoms with van der Waals surface area (Å²) in [5, 5.41) is 6.48. The maximum atomic E-state index is 7.09. The van der Waals surface area contributed by atoms with Crippen molar-refractivity contribution < 1.29 is 0 Å². The molecule has 0 amide bonds. The van der Waals surface area contributed by atoms with Crippen LogP contribution in [-0.2, 0) is 0 Å². The molecule has 0 saturated carbocycles. The summed E-state index contributed by atoms with van der Waals surface area (Å²) in [5.74, 6) is 0. The molecule has 3 aromatic carbocycles. The van der Waals surface area contributed by atoms with Crippen molar-refractivity contribution in [2.75, 3.05) is 0 Å². The minimum Gasteiger partial charge on any atom is -0.218 e. The number of aromatic nitrogens is 3. The summed E-state index contributed by atoms with van der Waals surface area (Å²) in [7, 11) is 0. The Bertz CT molecular complexity index is 1510. The van der Waals surface area contributed by atoms with Crippen molar-refractivity contribution in [3.8, 4) is 38.9 Å². The molecular weight excluding hydrogens is 458 g/mol. The second kappa shape index (κ2) is 8.86. The molecule has 5 heteroatoms. The SMILES string of the molecule is Cc1ccc(-c2nn(-c3nc(-c4ccccc4)c(C)s3)c(-c3ccc(C)c(C)c3)c2Cl)cc1C. The molecule has 0 radical (unpaired) electrons. The number of benzene rings is 3. The highest BCUT2D eigenvalue weighted by molar-refractivity contribution is 7.14. The van der Waals surface area contributed by atoms with Crippen LogP contribution in [0.4, 0.5) is 0 Å². The maximum Gasteiger partial charge on any atom is 0.211 e. The Balaban J connectivity index is 1.74. The topological polar surface area (TPSA) is 30.7 Å². The van der Waals surface area contributed by atoms with Crippen LogP contribution in [0.5, 0.6) is 0 Å². The van der Waals surface area contributed by atoms with E-state index in [0.717, 1.165) is 43.8 Å². The van der Waals surface area contributed by atoms with Gasteiger partial charge >= 0.3 is 0 Å². The first-order valence-electron chi connectivity index (χ1n) is 11.3. The van der Waals surface area contributed by atoms with Crippen LogP contribution in [-0.4, -0.2) is 14.8 Å². The lowest BCUT2D eigenvalue weighted by Crippen LogP contribution is -1.99. The fraction of sp³-hybridized carbons (Fsp3) is 0.172. The van der Waals surface area contributed by atoms with Crippen molar-refractivity contribution in [3.05, 3.63) is 98.9 Å².